The van der Waals surface area contributed by atoms with Gasteiger partial charge in [0.1, 0.15) is 5.82 Å². The molecule has 3 aromatic rings. The van der Waals surface area contributed by atoms with Gasteiger partial charge >= 0.3 is 0 Å². The van der Waals surface area contributed by atoms with Gasteiger partial charge in [-0.05, 0) is 18.1 Å². The van der Waals surface area contributed by atoms with Gasteiger partial charge in [0.15, 0.2) is 5.76 Å². The van der Waals surface area contributed by atoms with E-state index in [-0.39, 0.29) is 0 Å². The molecular weight excluding hydrogens is 306 g/mol. The molecule has 0 fully saturated rings. The monoisotopic (exact) mass is 325 g/mol. The van der Waals surface area contributed by atoms with Crippen LogP contribution in [0.3, 0.4) is 0 Å². The first-order chi connectivity index (χ1) is 11.7. The van der Waals surface area contributed by atoms with Crippen molar-refractivity contribution in [2.75, 3.05) is 0 Å². The van der Waals surface area contributed by atoms with E-state index in [0.717, 1.165) is 31.0 Å². The number of hydrogen-bond acceptors (Lipinski definition) is 7. The van der Waals surface area contributed by atoms with E-state index in [2.05, 4.69) is 33.9 Å². The summed E-state index contributed by atoms with van der Waals surface area (Å²) in [6, 6.07) is 3.61. The lowest BCUT2D eigenvalue weighted by Gasteiger charge is -2.10. The molecule has 4 rings (SSSR count). The number of hydrogen-bond donors (Lipinski definition) is 0. The molecule has 7 nitrogen and oxygen atoms in total. The van der Waals surface area contributed by atoms with Gasteiger partial charge in [0, 0.05) is 31.3 Å². The maximum Gasteiger partial charge on any atom is 0.241 e. The molecule has 1 aliphatic heterocycles. The van der Waals surface area contributed by atoms with E-state index in [4.69, 9.17) is 13.9 Å². The molecule has 0 radical (unpaired) electrons. The van der Waals surface area contributed by atoms with Crippen LogP contribution in [0.1, 0.15) is 36.8 Å². The van der Waals surface area contributed by atoms with E-state index in [0.29, 0.717) is 29.9 Å². The zero-order chi connectivity index (χ0) is 16.5. The zero-order valence-electron chi connectivity index (χ0n) is 13.8. The summed E-state index contributed by atoms with van der Waals surface area (Å²) in [5.74, 6) is 3.14. The first-order valence-corrected chi connectivity index (χ1v) is 8.10. The van der Waals surface area contributed by atoms with Crippen LogP contribution < -0.4 is 0 Å². The number of nitrogens with zero attached hydrogens (tertiary/aromatic N) is 5. The first-order valence-electron chi connectivity index (χ1n) is 8.10. The Balaban J connectivity index is 1.43. The van der Waals surface area contributed by atoms with Crippen molar-refractivity contribution >= 4 is 0 Å². The minimum Gasteiger partial charge on any atom is -0.461 e. The molecule has 7 heteroatoms. The molecule has 0 saturated heterocycles. The third-order valence-corrected chi connectivity index (χ3v) is 3.93. The molecule has 4 heterocycles. The molecule has 0 aromatic carbocycles. The highest BCUT2D eigenvalue weighted by Crippen LogP contribution is 2.23. The average molecular weight is 325 g/mol. The standard InChI is InChI=1S/C17H19N5O2/c1-11(2)6-15-18-7-12-8-22(9-13(12)19-15)10-16-20-17(21-24-16)14-4-3-5-23-14/h3-5,7,11H,6,8-10H2,1-2H3. The zero-order valence-corrected chi connectivity index (χ0v) is 13.8. The summed E-state index contributed by atoms with van der Waals surface area (Å²) < 4.78 is 10.6. The van der Waals surface area contributed by atoms with Gasteiger partial charge in [-0.2, -0.15) is 4.98 Å². The van der Waals surface area contributed by atoms with E-state index >= 15 is 0 Å². The van der Waals surface area contributed by atoms with Crippen LogP contribution in [0.15, 0.2) is 33.5 Å². The van der Waals surface area contributed by atoms with Crippen molar-refractivity contribution in [2.45, 2.75) is 39.9 Å². The number of furan rings is 1. The van der Waals surface area contributed by atoms with Crippen LogP contribution in [0, 0.1) is 5.92 Å². The van der Waals surface area contributed by atoms with Crippen LogP contribution in [0.5, 0.6) is 0 Å². The molecule has 1 aliphatic rings. The van der Waals surface area contributed by atoms with Gasteiger partial charge in [0.25, 0.3) is 0 Å². The van der Waals surface area contributed by atoms with Gasteiger partial charge in [-0.15, -0.1) is 0 Å². The van der Waals surface area contributed by atoms with E-state index < -0.39 is 0 Å². The lowest BCUT2D eigenvalue weighted by atomic mass is 10.1. The van der Waals surface area contributed by atoms with E-state index in [9.17, 15) is 0 Å². The van der Waals surface area contributed by atoms with E-state index in [1.54, 1.807) is 12.3 Å². The molecule has 0 aliphatic carbocycles. The average Bonchev–Trinajstić information content (AvgIpc) is 3.25. The van der Waals surface area contributed by atoms with Crippen molar-refractivity contribution in [2.24, 2.45) is 5.92 Å². The summed E-state index contributed by atoms with van der Waals surface area (Å²) in [5.41, 5.74) is 2.28. The van der Waals surface area contributed by atoms with Crippen LogP contribution >= 0.6 is 0 Å². The molecule has 0 N–H and O–H groups in total. The van der Waals surface area contributed by atoms with Gasteiger partial charge in [-0.25, -0.2) is 9.97 Å². The van der Waals surface area contributed by atoms with Crippen molar-refractivity contribution in [3.63, 3.8) is 0 Å². The Morgan fingerprint density at radius 1 is 1.25 bits per heavy atom. The Morgan fingerprint density at radius 3 is 2.96 bits per heavy atom. The Hall–Kier alpha value is -2.54. The SMILES string of the molecule is CC(C)Cc1ncc2c(n1)CN(Cc1nc(-c3ccco3)no1)C2. The molecular formula is C17H19N5O2. The molecule has 24 heavy (non-hydrogen) atoms. The van der Waals surface area contributed by atoms with Gasteiger partial charge in [0.2, 0.25) is 11.7 Å². The Labute approximate surface area is 139 Å². The summed E-state index contributed by atoms with van der Waals surface area (Å²) >= 11 is 0. The molecule has 0 spiro atoms. The second-order valence-electron chi connectivity index (χ2n) is 6.49. The summed E-state index contributed by atoms with van der Waals surface area (Å²) in [6.07, 6.45) is 4.45. The molecule has 0 unspecified atom stereocenters. The molecule has 3 aromatic heterocycles. The van der Waals surface area contributed by atoms with Crippen molar-refractivity contribution in [3.05, 3.63) is 47.6 Å². The minimum atomic E-state index is 0.478. The predicted octanol–water partition coefficient (Wildman–Crippen LogP) is 2.83. The molecule has 0 saturated carbocycles. The third-order valence-electron chi connectivity index (χ3n) is 3.93. The van der Waals surface area contributed by atoms with Gasteiger partial charge in [0.05, 0.1) is 18.5 Å². The maximum atomic E-state index is 5.33. The van der Waals surface area contributed by atoms with Crippen LogP contribution in [-0.2, 0) is 26.1 Å². The highest BCUT2D eigenvalue weighted by molar-refractivity contribution is 5.44. The van der Waals surface area contributed by atoms with Crippen LogP contribution in [0.4, 0.5) is 0 Å². The summed E-state index contributed by atoms with van der Waals surface area (Å²) in [7, 11) is 0. The fourth-order valence-electron chi connectivity index (χ4n) is 2.85. The molecule has 0 bridgehead atoms. The Morgan fingerprint density at radius 2 is 2.17 bits per heavy atom. The smallest absolute Gasteiger partial charge is 0.241 e. The lowest BCUT2D eigenvalue weighted by molar-refractivity contribution is 0.230. The van der Waals surface area contributed by atoms with Crippen LogP contribution in [0.2, 0.25) is 0 Å². The molecule has 0 amide bonds. The topological polar surface area (TPSA) is 81.1 Å². The summed E-state index contributed by atoms with van der Waals surface area (Å²) in [5, 5.41) is 3.96. The fraction of sp³-hybridized carbons (Fsp3) is 0.412. The van der Waals surface area contributed by atoms with Crippen molar-refractivity contribution in [1.29, 1.82) is 0 Å². The largest absolute Gasteiger partial charge is 0.461 e. The van der Waals surface area contributed by atoms with Crippen LogP contribution in [0.25, 0.3) is 11.6 Å². The number of rotatable bonds is 5. The first kappa shape index (κ1) is 15.0. The van der Waals surface area contributed by atoms with Crippen LogP contribution in [-0.4, -0.2) is 25.0 Å². The Kier molecular flexibility index (Phi) is 3.86. The van der Waals surface area contributed by atoms with Gasteiger partial charge in [-0.1, -0.05) is 19.0 Å². The minimum absolute atomic E-state index is 0.478. The second kappa shape index (κ2) is 6.16. The lowest BCUT2D eigenvalue weighted by Crippen LogP contribution is -2.16. The summed E-state index contributed by atoms with van der Waals surface area (Å²) in [4.78, 5) is 15.8. The quantitative estimate of drug-likeness (QED) is 0.713. The molecule has 0 atom stereocenters. The second-order valence-corrected chi connectivity index (χ2v) is 6.49. The Bertz CT molecular complexity index is 825. The highest BCUT2D eigenvalue weighted by atomic mass is 16.5. The fourth-order valence-corrected chi connectivity index (χ4v) is 2.85. The van der Waals surface area contributed by atoms with Gasteiger partial charge in [-0.3, -0.25) is 4.90 Å². The molecule has 124 valence electrons. The highest BCUT2D eigenvalue weighted by Gasteiger charge is 2.23. The normalized spacial score (nSPS) is 14.5. The van der Waals surface area contributed by atoms with E-state index in [1.165, 1.54) is 5.56 Å². The van der Waals surface area contributed by atoms with E-state index in [1.807, 2.05) is 12.3 Å². The number of aromatic nitrogens is 4. The summed E-state index contributed by atoms with van der Waals surface area (Å²) in [6.45, 7) is 6.52. The van der Waals surface area contributed by atoms with Gasteiger partial charge < -0.3 is 8.94 Å². The third kappa shape index (κ3) is 3.07. The van der Waals surface area contributed by atoms with Crippen molar-refractivity contribution < 1.29 is 8.94 Å². The number of fused-ring (bicyclic) bond motifs is 1. The van der Waals surface area contributed by atoms with Crippen molar-refractivity contribution in [3.8, 4) is 11.6 Å². The maximum absolute atomic E-state index is 5.33. The predicted molar refractivity (Wildman–Crippen MR) is 85.5 cm³/mol. The van der Waals surface area contributed by atoms with Crippen molar-refractivity contribution in [1.82, 2.24) is 25.0 Å².